The van der Waals surface area contributed by atoms with E-state index in [1.165, 1.54) is 20.4 Å². The van der Waals surface area contributed by atoms with E-state index in [0.29, 0.717) is 22.6 Å². The third-order valence-electron chi connectivity index (χ3n) is 6.05. The van der Waals surface area contributed by atoms with Crippen molar-refractivity contribution >= 4 is 24.0 Å². The summed E-state index contributed by atoms with van der Waals surface area (Å²) in [6, 6.07) is 30.2. The number of hydrogen-bond acceptors (Lipinski definition) is 7. The Balaban J connectivity index is 1.34. The molecule has 0 saturated heterocycles. The number of benzene rings is 4. The van der Waals surface area contributed by atoms with Crippen LogP contribution in [0.4, 0.5) is 0 Å². The van der Waals surface area contributed by atoms with Crippen LogP contribution in [0.2, 0.25) is 0 Å². The first-order valence-corrected chi connectivity index (χ1v) is 12.7. The van der Waals surface area contributed by atoms with Gasteiger partial charge in [-0.3, -0.25) is 9.59 Å². The van der Waals surface area contributed by atoms with Crippen LogP contribution < -0.4 is 25.0 Å². The molecule has 0 bridgehead atoms. The number of methoxy groups -OCH3 is 2. The Morgan fingerprint density at radius 2 is 1.46 bits per heavy atom. The Morgan fingerprint density at radius 3 is 2.10 bits per heavy atom. The van der Waals surface area contributed by atoms with Gasteiger partial charge in [0.1, 0.15) is 5.75 Å². The van der Waals surface area contributed by atoms with Crippen molar-refractivity contribution in [2.24, 2.45) is 5.10 Å². The predicted octanol–water partition coefficient (Wildman–Crippen LogP) is 4.32. The minimum absolute atomic E-state index is 0.218. The predicted molar refractivity (Wildman–Crippen MR) is 154 cm³/mol. The lowest BCUT2D eigenvalue weighted by Crippen LogP contribution is -2.37. The summed E-state index contributed by atoms with van der Waals surface area (Å²) in [5.74, 6) is -0.868. The highest BCUT2D eigenvalue weighted by Crippen LogP contribution is 2.29. The van der Waals surface area contributed by atoms with E-state index in [4.69, 9.17) is 14.2 Å². The lowest BCUT2D eigenvalue weighted by molar-refractivity contribution is -0.126. The first-order valence-electron chi connectivity index (χ1n) is 12.7. The Kier molecular flexibility index (Phi) is 9.82. The maximum atomic E-state index is 13.1. The second-order valence-electron chi connectivity index (χ2n) is 8.80. The van der Waals surface area contributed by atoms with Crippen molar-refractivity contribution < 1.29 is 28.6 Å². The molecule has 0 aliphatic carbocycles. The van der Waals surface area contributed by atoms with E-state index in [0.717, 1.165) is 11.1 Å². The van der Waals surface area contributed by atoms with Crippen LogP contribution in [0.15, 0.2) is 108 Å². The van der Waals surface area contributed by atoms with Crippen molar-refractivity contribution in [2.45, 2.75) is 5.92 Å². The van der Waals surface area contributed by atoms with Gasteiger partial charge >= 0.3 is 5.97 Å². The van der Waals surface area contributed by atoms with Crippen molar-refractivity contribution in [1.82, 2.24) is 10.7 Å². The summed E-state index contributed by atoms with van der Waals surface area (Å²) in [5, 5.41) is 6.65. The van der Waals surface area contributed by atoms with E-state index in [9.17, 15) is 14.4 Å². The molecule has 4 aromatic rings. The topological polar surface area (TPSA) is 115 Å². The fourth-order valence-electron chi connectivity index (χ4n) is 4.03. The molecule has 0 aliphatic heterocycles. The molecule has 2 amide bonds. The smallest absolute Gasteiger partial charge is 0.343 e. The molecule has 0 unspecified atom stereocenters. The number of ether oxygens (including phenoxy) is 3. The molecule has 4 rings (SSSR count). The summed E-state index contributed by atoms with van der Waals surface area (Å²) < 4.78 is 16.0. The molecule has 0 spiro atoms. The molecule has 0 fully saturated rings. The fourth-order valence-corrected chi connectivity index (χ4v) is 4.03. The van der Waals surface area contributed by atoms with Gasteiger partial charge in [0.2, 0.25) is 5.91 Å². The fraction of sp³-hybridized carbons (Fsp3) is 0.125. The van der Waals surface area contributed by atoms with E-state index in [-0.39, 0.29) is 18.2 Å². The van der Waals surface area contributed by atoms with Gasteiger partial charge in [-0.15, -0.1) is 0 Å². The second-order valence-corrected chi connectivity index (χ2v) is 8.80. The molecule has 9 nitrogen and oxygen atoms in total. The van der Waals surface area contributed by atoms with E-state index >= 15 is 0 Å². The summed E-state index contributed by atoms with van der Waals surface area (Å²) in [7, 11) is 2.96. The first-order chi connectivity index (χ1) is 20.0. The number of esters is 1. The van der Waals surface area contributed by atoms with Gasteiger partial charge in [0, 0.05) is 0 Å². The number of hydrazone groups is 1. The van der Waals surface area contributed by atoms with E-state index < -0.39 is 17.8 Å². The van der Waals surface area contributed by atoms with Crippen molar-refractivity contribution in [1.29, 1.82) is 0 Å². The number of carbonyl (C=O) groups is 3. The molecule has 4 aromatic carbocycles. The minimum Gasteiger partial charge on any atom is -0.497 e. The standard InChI is InChI=1S/C32H29N3O6/c1-39-26-15-9-14-25(19-26)32(38)41-27-17-16-22(18-28(27)40-2)20-34-35-29(36)21-33-31(37)30(23-10-5-3-6-11-23)24-12-7-4-8-13-24/h3-20,30H,21H2,1-2H3,(H,33,37)(H,35,36). The third kappa shape index (κ3) is 7.79. The summed E-state index contributed by atoms with van der Waals surface area (Å²) >= 11 is 0. The number of nitrogens with zero attached hydrogens (tertiary/aromatic N) is 1. The molecular formula is C32H29N3O6. The van der Waals surface area contributed by atoms with Crippen LogP contribution in [0.25, 0.3) is 0 Å². The van der Waals surface area contributed by atoms with Crippen LogP contribution in [0.5, 0.6) is 17.2 Å². The Labute approximate surface area is 237 Å². The molecule has 0 aliphatic rings. The molecule has 0 heterocycles. The Morgan fingerprint density at radius 1 is 0.780 bits per heavy atom. The quantitative estimate of drug-likeness (QED) is 0.124. The van der Waals surface area contributed by atoms with Crippen LogP contribution in [-0.4, -0.2) is 44.8 Å². The van der Waals surface area contributed by atoms with Crippen LogP contribution in [-0.2, 0) is 9.59 Å². The average Bonchev–Trinajstić information content (AvgIpc) is 3.02. The zero-order valence-electron chi connectivity index (χ0n) is 22.6. The largest absolute Gasteiger partial charge is 0.497 e. The van der Waals surface area contributed by atoms with Crippen molar-refractivity contribution in [2.75, 3.05) is 20.8 Å². The molecule has 208 valence electrons. The maximum absolute atomic E-state index is 13.1. The highest BCUT2D eigenvalue weighted by molar-refractivity contribution is 5.92. The molecule has 41 heavy (non-hydrogen) atoms. The second kappa shape index (κ2) is 14.1. The Hall–Kier alpha value is -5.44. The van der Waals surface area contributed by atoms with Gasteiger partial charge in [-0.2, -0.15) is 5.10 Å². The highest BCUT2D eigenvalue weighted by atomic mass is 16.6. The van der Waals surface area contributed by atoms with Gasteiger partial charge in [-0.1, -0.05) is 66.7 Å². The summed E-state index contributed by atoms with van der Waals surface area (Å²) in [6.45, 7) is -0.255. The Bertz CT molecular complexity index is 1480. The van der Waals surface area contributed by atoms with Crippen LogP contribution in [0.3, 0.4) is 0 Å². The zero-order chi connectivity index (χ0) is 29.0. The third-order valence-corrected chi connectivity index (χ3v) is 6.05. The maximum Gasteiger partial charge on any atom is 0.343 e. The van der Waals surface area contributed by atoms with E-state index in [2.05, 4.69) is 15.8 Å². The van der Waals surface area contributed by atoms with Crippen molar-refractivity contribution in [3.8, 4) is 17.2 Å². The SMILES string of the molecule is COc1cccc(C(=O)Oc2ccc(C=NNC(=O)CNC(=O)C(c3ccccc3)c3ccccc3)cc2OC)c1. The molecule has 0 saturated carbocycles. The summed E-state index contributed by atoms with van der Waals surface area (Å²) in [4.78, 5) is 38.0. The first kappa shape index (κ1) is 28.6. The average molecular weight is 552 g/mol. The van der Waals surface area contributed by atoms with Gasteiger partial charge in [0.05, 0.1) is 38.5 Å². The van der Waals surface area contributed by atoms with E-state index in [1.54, 1.807) is 42.5 Å². The lowest BCUT2D eigenvalue weighted by atomic mass is 9.90. The number of carbonyl (C=O) groups excluding carboxylic acids is 3. The highest BCUT2D eigenvalue weighted by Gasteiger charge is 2.22. The van der Waals surface area contributed by atoms with Crippen molar-refractivity contribution in [3.05, 3.63) is 125 Å². The molecular weight excluding hydrogens is 522 g/mol. The number of nitrogens with one attached hydrogen (secondary N) is 2. The summed E-state index contributed by atoms with van der Waals surface area (Å²) in [6.07, 6.45) is 1.41. The van der Waals surface area contributed by atoms with Crippen LogP contribution >= 0.6 is 0 Å². The van der Waals surface area contributed by atoms with Crippen LogP contribution in [0.1, 0.15) is 33.0 Å². The lowest BCUT2D eigenvalue weighted by Gasteiger charge is -2.17. The van der Waals surface area contributed by atoms with Gasteiger partial charge < -0.3 is 19.5 Å². The molecule has 0 radical (unpaired) electrons. The van der Waals surface area contributed by atoms with Gasteiger partial charge in [-0.25, -0.2) is 10.2 Å². The number of hydrogen-bond donors (Lipinski definition) is 2. The van der Waals surface area contributed by atoms with Gasteiger partial charge in [0.15, 0.2) is 11.5 Å². The molecule has 9 heteroatoms. The zero-order valence-corrected chi connectivity index (χ0v) is 22.6. The number of amides is 2. The molecule has 0 atom stereocenters. The van der Waals surface area contributed by atoms with Gasteiger partial charge in [0.25, 0.3) is 5.91 Å². The van der Waals surface area contributed by atoms with E-state index in [1.807, 2.05) is 60.7 Å². The normalized spacial score (nSPS) is 10.7. The summed E-state index contributed by atoms with van der Waals surface area (Å²) in [5.41, 5.74) is 4.95. The number of rotatable bonds is 11. The van der Waals surface area contributed by atoms with Crippen LogP contribution in [0, 0.1) is 0 Å². The molecule has 2 N–H and O–H groups in total. The van der Waals surface area contributed by atoms with Crippen molar-refractivity contribution in [3.63, 3.8) is 0 Å². The monoisotopic (exact) mass is 551 g/mol. The molecule has 0 aromatic heterocycles. The minimum atomic E-state index is -0.570. The van der Waals surface area contributed by atoms with Gasteiger partial charge in [-0.05, 0) is 53.1 Å².